The smallest absolute Gasteiger partial charge is 0.408 e. The van der Waals surface area contributed by atoms with Gasteiger partial charge in [-0.1, -0.05) is 42.5 Å². The van der Waals surface area contributed by atoms with Crippen LogP contribution in [0.25, 0.3) is 11.3 Å². The van der Waals surface area contributed by atoms with Crippen molar-refractivity contribution in [2.75, 3.05) is 0 Å². The molecular formula is C28H37N4O5+. The Labute approximate surface area is 218 Å². The number of rotatable bonds is 8. The minimum atomic E-state index is -0.901. The number of hydrogen-bond donors (Lipinski definition) is 1. The molecule has 0 spiro atoms. The summed E-state index contributed by atoms with van der Waals surface area (Å²) >= 11 is 0. The van der Waals surface area contributed by atoms with Gasteiger partial charge in [-0.25, -0.2) is 9.59 Å². The number of carbonyl (C=O) groups excluding carboxylic acids is 2. The van der Waals surface area contributed by atoms with Crippen LogP contribution >= 0.6 is 0 Å². The van der Waals surface area contributed by atoms with Crippen molar-refractivity contribution in [2.24, 2.45) is 7.05 Å². The zero-order chi connectivity index (χ0) is 27.2. The molecular weight excluding hydrogens is 472 g/mol. The number of alkyl carbamates (subject to hydrolysis) is 1. The number of hydrogen-bond acceptors (Lipinski definition) is 6. The molecule has 9 nitrogen and oxygen atoms in total. The molecule has 0 saturated heterocycles. The molecule has 1 atom stereocenters. The molecule has 37 heavy (non-hydrogen) atoms. The maximum Gasteiger partial charge on any atom is 0.408 e. The third-order valence-corrected chi connectivity index (χ3v) is 5.07. The van der Waals surface area contributed by atoms with Gasteiger partial charge in [-0.15, -0.1) is 4.68 Å². The van der Waals surface area contributed by atoms with Gasteiger partial charge in [0.15, 0.2) is 6.20 Å². The number of ether oxygens (including phenoxy) is 3. The number of aryl methyl sites for hydroxylation is 1. The molecule has 198 valence electrons. The third-order valence-electron chi connectivity index (χ3n) is 5.07. The summed E-state index contributed by atoms with van der Waals surface area (Å²) in [6.07, 6.45) is 1.49. The van der Waals surface area contributed by atoms with Crippen molar-refractivity contribution in [1.29, 1.82) is 0 Å². The van der Waals surface area contributed by atoms with Gasteiger partial charge in [0.05, 0.1) is 7.05 Å². The Bertz CT molecular complexity index is 1190. The van der Waals surface area contributed by atoms with Crippen molar-refractivity contribution in [3.63, 3.8) is 0 Å². The molecule has 0 saturated carbocycles. The van der Waals surface area contributed by atoms with Crippen LogP contribution in [-0.4, -0.2) is 39.2 Å². The first-order chi connectivity index (χ1) is 17.3. The fourth-order valence-electron chi connectivity index (χ4n) is 3.44. The fraction of sp³-hybridized carbons (Fsp3) is 0.429. The van der Waals surface area contributed by atoms with Crippen molar-refractivity contribution in [2.45, 2.75) is 71.9 Å². The van der Waals surface area contributed by atoms with Crippen molar-refractivity contribution >= 4 is 12.1 Å². The Kier molecular flexibility index (Phi) is 8.57. The summed E-state index contributed by atoms with van der Waals surface area (Å²) < 4.78 is 18.6. The maximum atomic E-state index is 12.8. The molecule has 2 aromatic carbocycles. The Morgan fingerprint density at radius 2 is 1.57 bits per heavy atom. The summed E-state index contributed by atoms with van der Waals surface area (Å²) in [5, 5.41) is 7.19. The van der Waals surface area contributed by atoms with Crippen LogP contribution in [0.1, 0.15) is 47.1 Å². The lowest BCUT2D eigenvalue weighted by atomic mass is 10.1. The highest BCUT2D eigenvalue weighted by Gasteiger charge is 2.29. The van der Waals surface area contributed by atoms with Gasteiger partial charge in [0.25, 0.3) is 6.73 Å². The van der Waals surface area contributed by atoms with Crippen LogP contribution in [0.4, 0.5) is 4.79 Å². The number of nitrogens with zero attached hydrogens (tertiary/aromatic N) is 3. The van der Waals surface area contributed by atoms with Crippen LogP contribution in [0.3, 0.4) is 0 Å². The van der Waals surface area contributed by atoms with E-state index in [9.17, 15) is 9.59 Å². The van der Waals surface area contributed by atoms with E-state index in [4.69, 9.17) is 14.2 Å². The van der Waals surface area contributed by atoms with Crippen molar-refractivity contribution < 1.29 is 28.5 Å². The summed E-state index contributed by atoms with van der Waals surface area (Å²) in [7, 11) is 1.85. The lowest BCUT2D eigenvalue weighted by Gasteiger charge is -2.26. The quantitative estimate of drug-likeness (QED) is 0.361. The number of amides is 1. The van der Waals surface area contributed by atoms with E-state index in [1.54, 1.807) is 46.3 Å². The molecule has 3 aromatic rings. The predicted molar refractivity (Wildman–Crippen MR) is 139 cm³/mol. The Balaban J connectivity index is 1.64. The number of nitrogens with one attached hydrogen (secondary N) is 1. The van der Waals surface area contributed by atoms with Gasteiger partial charge in [-0.05, 0) is 64.0 Å². The van der Waals surface area contributed by atoms with Gasteiger partial charge in [-0.2, -0.15) is 0 Å². The minimum Gasteiger partial charge on any atom is -0.458 e. The zero-order valence-corrected chi connectivity index (χ0v) is 22.6. The van der Waals surface area contributed by atoms with Gasteiger partial charge in [0, 0.05) is 17.1 Å². The summed E-state index contributed by atoms with van der Waals surface area (Å²) in [5.41, 5.74) is 1.34. The molecule has 0 aliphatic rings. The van der Waals surface area contributed by atoms with Gasteiger partial charge in [-0.3, -0.25) is 0 Å². The van der Waals surface area contributed by atoms with Crippen LogP contribution in [0, 0.1) is 0 Å². The Hall–Kier alpha value is -3.88. The summed E-state index contributed by atoms with van der Waals surface area (Å²) in [5.74, 6) is 0.133. The first-order valence-electron chi connectivity index (χ1n) is 12.2. The van der Waals surface area contributed by atoms with Crippen molar-refractivity contribution in [3.05, 3.63) is 66.4 Å². The number of carbonyl (C=O) groups is 2. The van der Waals surface area contributed by atoms with Crippen molar-refractivity contribution in [1.82, 2.24) is 15.2 Å². The molecule has 0 radical (unpaired) electrons. The molecule has 1 aromatic heterocycles. The van der Waals surface area contributed by atoms with Gasteiger partial charge < -0.3 is 19.5 Å². The van der Waals surface area contributed by atoms with Crippen LogP contribution < -0.4 is 14.7 Å². The molecule has 0 unspecified atom stereocenters. The Morgan fingerprint density at radius 1 is 0.946 bits per heavy atom. The molecule has 0 aliphatic heterocycles. The number of aromatic nitrogens is 3. The molecule has 0 fully saturated rings. The molecule has 1 heterocycles. The first kappa shape index (κ1) is 27.7. The molecule has 1 amide bonds. The van der Waals surface area contributed by atoms with Crippen LogP contribution in [0.5, 0.6) is 5.75 Å². The highest BCUT2D eigenvalue weighted by atomic mass is 16.6. The predicted octanol–water partition coefficient (Wildman–Crippen LogP) is 4.19. The van der Waals surface area contributed by atoms with E-state index in [-0.39, 0.29) is 13.2 Å². The van der Waals surface area contributed by atoms with Crippen LogP contribution in [0.2, 0.25) is 0 Å². The second kappa shape index (κ2) is 11.5. The first-order valence-corrected chi connectivity index (χ1v) is 12.2. The average Bonchev–Trinajstić information content (AvgIpc) is 3.17. The van der Waals surface area contributed by atoms with Crippen molar-refractivity contribution in [3.8, 4) is 17.0 Å². The summed E-state index contributed by atoms with van der Waals surface area (Å²) in [6.45, 7) is 10.9. The van der Waals surface area contributed by atoms with Gasteiger partial charge in [0.1, 0.15) is 23.0 Å². The van der Waals surface area contributed by atoms with E-state index >= 15 is 0 Å². The zero-order valence-electron chi connectivity index (χ0n) is 22.6. The monoisotopic (exact) mass is 509 g/mol. The molecule has 1 N–H and O–H groups in total. The minimum absolute atomic E-state index is 0.241. The van der Waals surface area contributed by atoms with E-state index in [1.165, 1.54) is 0 Å². The second-order valence-electron chi connectivity index (χ2n) is 10.8. The average molecular weight is 510 g/mol. The van der Waals surface area contributed by atoms with E-state index < -0.39 is 29.3 Å². The molecule has 0 aliphatic carbocycles. The van der Waals surface area contributed by atoms with E-state index in [2.05, 4.69) is 10.4 Å². The van der Waals surface area contributed by atoms with Crippen LogP contribution in [0.15, 0.2) is 60.8 Å². The highest BCUT2D eigenvalue weighted by Crippen LogP contribution is 2.17. The third kappa shape index (κ3) is 8.93. The van der Waals surface area contributed by atoms with E-state index in [0.29, 0.717) is 5.75 Å². The molecule has 3 rings (SSSR count). The standard InChI is InChI=1S/C28H36N4O5/c1-27(2,3)36-25(33)23(29-26(34)37-28(4,5)6)17-20-13-15-22(16-14-20)35-19-32-18-24(30-31(32)7)21-11-9-8-10-12-21/h8-16,18,23H,17,19H2,1-7H3/p+1/t23-/m0/s1. The molecule has 0 bridgehead atoms. The normalized spacial score (nSPS) is 12.5. The maximum absolute atomic E-state index is 12.8. The van der Waals surface area contributed by atoms with Gasteiger partial charge >= 0.3 is 12.1 Å². The SMILES string of the molecule is Cn1nc(-c2ccccc2)c[n+]1COc1ccc(C[C@H](NC(=O)OC(C)(C)C)C(=O)OC(C)(C)C)cc1. The second-order valence-corrected chi connectivity index (χ2v) is 10.8. The number of esters is 1. The van der Waals surface area contributed by atoms with Gasteiger partial charge in [0.2, 0.25) is 5.69 Å². The summed E-state index contributed by atoms with van der Waals surface area (Å²) in [6, 6.07) is 16.4. The fourth-order valence-corrected chi connectivity index (χ4v) is 3.44. The molecule has 9 heteroatoms. The lowest BCUT2D eigenvalue weighted by molar-refractivity contribution is -0.800. The summed E-state index contributed by atoms with van der Waals surface area (Å²) in [4.78, 5) is 26.9. The number of benzene rings is 2. The van der Waals surface area contributed by atoms with E-state index in [1.807, 2.05) is 72.5 Å². The van der Waals surface area contributed by atoms with E-state index in [0.717, 1.165) is 16.8 Å². The Morgan fingerprint density at radius 3 is 2.16 bits per heavy atom. The highest BCUT2D eigenvalue weighted by molar-refractivity contribution is 5.82. The topological polar surface area (TPSA) is 95.6 Å². The largest absolute Gasteiger partial charge is 0.458 e. The van der Waals surface area contributed by atoms with Crippen LogP contribution in [-0.2, 0) is 34.5 Å². The lowest BCUT2D eigenvalue weighted by Crippen LogP contribution is -2.47.